The summed E-state index contributed by atoms with van der Waals surface area (Å²) in [4.78, 5) is 0. The van der Waals surface area contributed by atoms with Crippen LogP contribution in [0, 0.1) is 11.8 Å². The minimum atomic E-state index is -0.0770. The van der Waals surface area contributed by atoms with E-state index < -0.39 is 0 Å². The van der Waals surface area contributed by atoms with Crippen LogP contribution < -0.4 is 5.32 Å². The fourth-order valence-electron chi connectivity index (χ4n) is 3.32. The predicted molar refractivity (Wildman–Crippen MR) is 62.8 cm³/mol. The number of rotatable bonds is 6. The van der Waals surface area contributed by atoms with E-state index in [0.717, 1.165) is 43.7 Å². The average Bonchev–Trinajstić information content (AvgIpc) is 2.85. The van der Waals surface area contributed by atoms with Gasteiger partial charge in [0.25, 0.3) is 0 Å². The minimum Gasteiger partial charge on any atom is -0.393 e. The summed E-state index contributed by atoms with van der Waals surface area (Å²) in [6.45, 7) is 3.15. The molecule has 0 aromatic heterocycles. The third kappa shape index (κ3) is 2.94. The van der Waals surface area contributed by atoms with Crippen molar-refractivity contribution >= 4 is 0 Å². The Kier molecular flexibility index (Phi) is 4.04. The Balaban J connectivity index is 1.55. The van der Waals surface area contributed by atoms with Gasteiger partial charge in [0.05, 0.1) is 6.10 Å². The van der Waals surface area contributed by atoms with E-state index in [1.54, 1.807) is 0 Å². The van der Waals surface area contributed by atoms with Crippen molar-refractivity contribution in [2.24, 2.45) is 11.8 Å². The number of hydrogen-bond acceptors (Lipinski definition) is 2. The van der Waals surface area contributed by atoms with Crippen LogP contribution in [0.4, 0.5) is 0 Å². The number of nitrogens with one attached hydrogen (secondary N) is 1. The number of hydrogen-bond donors (Lipinski definition) is 2. The molecule has 0 aromatic rings. The average molecular weight is 211 g/mol. The smallest absolute Gasteiger partial charge is 0.0538 e. The zero-order chi connectivity index (χ0) is 10.7. The maximum atomic E-state index is 9.43. The molecular formula is C13H25NO. The van der Waals surface area contributed by atoms with Crippen molar-refractivity contribution in [3.8, 4) is 0 Å². The molecule has 88 valence electrons. The summed E-state index contributed by atoms with van der Waals surface area (Å²) in [7, 11) is 0. The topological polar surface area (TPSA) is 32.3 Å². The lowest BCUT2D eigenvalue weighted by atomic mass is 9.95. The van der Waals surface area contributed by atoms with E-state index in [0.29, 0.717) is 0 Å². The normalized spacial score (nSPS) is 36.0. The molecule has 0 saturated heterocycles. The van der Waals surface area contributed by atoms with Gasteiger partial charge in [-0.1, -0.05) is 13.3 Å². The Labute approximate surface area is 93.5 Å². The van der Waals surface area contributed by atoms with Crippen molar-refractivity contribution in [3.05, 3.63) is 0 Å². The monoisotopic (exact) mass is 211 g/mol. The van der Waals surface area contributed by atoms with Crippen LogP contribution in [-0.4, -0.2) is 23.8 Å². The van der Waals surface area contributed by atoms with Gasteiger partial charge >= 0.3 is 0 Å². The summed E-state index contributed by atoms with van der Waals surface area (Å²) in [6.07, 6.45) is 8.75. The molecule has 0 radical (unpaired) electrons. The largest absolute Gasteiger partial charge is 0.393 e. The Morgan fingerprint density at radius 2 is 2.20 bits per heavy atom. The lowest BCUT2D eigenvalue weighted by Crippen LogP contribution is -2.34. The molecule has 0 aromatic carbocycles. The molecule has 0 amide bonds. The number of fused-ring (bicyclic) bond motifs is 2. The van der Waals surface area contributed by atoms with Crippen molar-refractivity contribution in [2.75, 3.05) is 6.54 Å². The standard InChI is InChI=1S/C13H25NO/c1-2-12(15)4-3-7-14-13-9-10-5-6-11(13)8-10/h10-15H,2-9H2,1H3. The fraction of sp³-hybridized carbons (Fsp3) is 1.00. The highest BCUT2D eigenvalue weighted by molar-refractivity contribution is 4.93. The lowest BCUT2D eigenvalue weighted by molar-refractivity contribution is 0.156. The van der Waals surface area contributed by atoms with Crippen LogP contribution in [0.15, 0.2) is 0 Å². The highest BCUT2D eigenvalue weighted by Crippen LogP contribution is 2.44. The van der Waals surface area contributed by atoms with E-state index in [-0.39, 0.29) is 6.10 Å². The summed E-state index contributed by atoms with van der Waals surface area (Å²) in [5.41, 5.74) is 0. The molecule has 2 saturated carbocycles. The van der Waals surface area contributed by atoms with Crippen molar-refractivity contribution in [1.29, 1.82) is 0 Å². The third-order valence-electron chi connectivity index (χ3n) is 4.33. The van der Waals surface area contributed by atoms with Crippen LogP contribution in [0.2, 0.25) is 0 Å². The van der Waals surface area contributed by atoms with Crippen molar-refractivity contribution in [2.45, 2.75) is 64.0 Å². The maximum absolute atomic E-state index is 9.43. The van der Waals surface area contributed by atoms with Gasteiger partial charge in [0, 0.05) is 6.04 Å². The van der Waals surface area contributed by atoms with E-state index in [1.165, 1.54) is 25.7 Å². The van der Waals surface area contributed by atoms with Gasteiger partial charge in [-0.15, -0.1) is 0 Å². The second-order valence-electron chi connectivity index (χ2n) is 5.44. The summed E-state index contributed by atoms with van der Waals surface area (Å²) in [5, 5.41) is 13.1. The van der Waals surface area contributed by atoms with E-state index in [2.05, 4.69) is 5.32 Å². The Hall–Kier alpha value is -0.0800. The molecule has 15 heavy (non-hydrogen) atoms. The van der Waals surface area contributed by atoms with E-state index in [4.69, 9.17) is 0 Å². The van der Waals surface area contributed by atoms with Gasteiger partial charge in [-0.25, -0.2) is 0 Å². The first kappa shape index (κ1) is 11.4. The molecule has 4 unspecified atom stereocenters. The van der Waals surface area contributed by atoms with Crippen molar-refractivity contribution in [1.82, 2.24) is 5.32 Å². The Morgan fingerprint density at radius 1 is 1.33 bits per heavy atom. The van der Waals surface area contributed by atoms with Crippen LogP contribution in [0.5, 0.6) is 0 Å². The predicted octanol–water partition coefficient (Wildman–Crippen LogP) is 2.32. The summed E-state index contributed by atoms with van der Waals surface area (Å²) in [5.74, 6) is 2.01. The third-order valence-corrected chi connectivity index (χ3v) is 4.33. The van der Waals surface area contributed by atoms with Crippen LogP contribution in [0.25, 0.3) is 0 Å². The zero-order valence-corrected chi connectivity index (χ0v) is 9.91. The highest BCUT2D eigenvalue weighted by Gasteiger charge is 2.38. The molecule has 2 heteroatoms. The molecule has 0 aliphatic heterocycles. The van der Waals surface area contributed by atoms with Gasteiger partial charge in [0.1, 0.15) is 0 Å². The zero-order valence-electron chi connectivity index (χ0n) is 9.91. The van der Waals surface area contributed by atoms with Gasteiger partial charge in [0.15, 0.2) is 0 Å². The Morgan fingerprint density at radius 3 is 2.80 bits per heavy atom. The summed E-state index contributed by atoms with van der Waals surface area (Å²) in [6, 6.07) is 0.808. The van der Waals surface area contributed by atoms with Gasteiger partial charge in [-0.05, 0) is 56.9 Å². The van der Waals surface area contributed by atoms with Crippen molar-refractivity contribution < 1.29 is 5.11 Å². The molecule has 2 N–H and O–H groups in total. The highest BCUT2D eigenvalue weighted by atomic mass is 16.3. The second kappa shape index (κ2) is 5.31. The van der Waals surface area contributed by atoms with E-state index in [1.807, 2.05) is 6.92 Å². The van der Waals surface area contributed by atoms with E-state index in [9.17, 15) is 5.11 Å². The van der Waals surface area contributed by atoms with E-state index >= 15 is 0 Å². The first-order chi connectivity index (χ1) is 7.29. The quantitative estimate of drug-likeness (QED) is 0.661. The first-order valence-electron chi connectivity index (χ1n) is 6.71. The Bertz CT molecular complexity index is 195. The minimum absolute atomic E-state index is 0.0770. The molecular weight excluding hydrogens is 186 g/mol. The molecule has 2 fully saturated rings. The van der Waals surface area contributed by atoms with Gasteiger partial charge < -0.3 is 10.4 Å². The molecule has 2 bridgehead atoms. The molecule has 2 aliphatic rings. The second-order valence-corrected chi connectivity index (χ2v) is 5.44. The van der Waals surface area contributed by atoms with Gasteiger partial charge in [0.2, 0.25) is 0 Å². The lowest BCUT2D eigenvalue weighted by Gasteiger charge is -2.23. The van der Waals surface area contributed by atoms with Crippen LogP contribution in [0.3, 0.4) is 0 Å². The summed E-state index contributed by atoms with van der Waals surface area (Å²) < 4.78 is 0. The first-order valence-corrected chi connectivity index (χ1v) is 6.71. The summed E-state index contributed by atoms with van der Waals surface area (Å²) >= 11 is 0. The molecule has 2 rings (SSSR count). The van der Waals surface area contributed by atoms with Gasteiger partial charge in [-0.3, -0.25) is 0 Å². The molecule has 2 nitrogen and oxygen atoms in total. The van der Waals surface area contributed by atoms with Crippen LogP contribution in [0.1, 0.15) is 51.9 Å². The molecule has 2 aliphatic carbocycles. The SMILES string of the molecule is CCC(O)CCCNC1CC2CCC1C2. The van der Waals surface area contributed by atoms with Gasteiger partial charge in [-0.2, -0.15) is 0 Å². The number of aliphatic hydroxyl groups excluding tert-OH is 1. The number of aliphatic hydroxyl groups is 1. The molecule has 0 heterocycles. The molecule has 0 spiro atoms. The van der Waals surface area contributed by atoms with Crippen LogP contribution >= 0.6 is 0 Å². The molecule has 4 atom stereocenters. The maximum Gasteiger partial charge on any atom is 0.0538 e. The fourth-order valence-corrected chi connectivity index (χ4v) is 3.32. The van der Waals surface area contributed by atoms with Crippen LogP contribution in [-0.2, 0) is 0 Å². The van der Waals surface area contributed by atoms with Crippen molar-refractivity contribution in [3.63, 3.8) is 0 Å².